The molecule has 1 amide bonds. The standard InChI is InChI=1S/C26H30N4O3/c1-18-16-21(8-13-25(18)30(32)33)19-4-6-20(7-5-19)26(31)27-22-9-11-23(12-10-22)29-15-14-24(17-29)28(2)3/h4-13,16,24,30,32H,14-15,17H2,1-3H3,(H,27,31). The van der Waals surface area contributed by atoms with E-state index in [4.69, 9.17) is 0 Å². The van der Waals surface area contributed by atoms with Gasteiger partial charge in [-0.25, -0.2) is 5.21 Å². The van der Waals surface area contributed by atoms with Crippen LogP contribution < -0.4 is 15.4 Å². The van der Waals surface area contributed by atoms with E-state index in [1.165, 1.54) is 5.69 Å². The third-order valence-electron chi connectivity index (χ3n) is 6.32. The summed E-state index contributed by atoms with van der Waals surface area (Å²) in [6.07, 6.45) is 1.16. The van der Waals surface area contributed by atoms with Gasteiger partial charge in [0.1, 0.15) is 0 Å². The Balaban J connectivity index is 1.39. The predicted molar refractivity (Wildman–Crippen MR) is 131 cm³/mol. The van der Waals surface area contributed by atoms with Crippen molar-refractivity contribution >= 4 is 23.0 Å². The van der Waals surface area contributed by atoms with Gasteiger partial charge >= 0.3 is 0 Å². The lowest BCUT2D eigenvalue weighted by Crippen LogP contribution is -2.99. The minimum absolute atomic E-state index is 0.166. The molecule has 4 rings (SSSR count). The monoisotopic (exact) mass is 446 g/mol. The first kappa shape index (κ1) is 22.9. The van der Waals surface area contributed by atoms with Crippen LogP contribution in [0, 0.1) is 12.1 Å². The fourth-order valence-corrected chi connectivity index (χ4v) is 4.25. The van der Waals surface area contributed by atoms with Crippen molar-refractivity contribution in [3.05, 3.63) is 83.1 Å². The van der Waals surface area contributed by atoms with E-state index in [-0.39, 0.29) is 5.91 Å². The normalized spacial score (nSPS) is 16.8. The molecule has 2 unspecified atom stereocenters. The zero-order valence-corrected chi connectivity index (χ0v) is 19.2. The maximum absolute atomic E-state index is 12.7. The molecule has 0 spiro atoms. The molecule has 1 saturated heterocycles. The first-order chi connectivity index (χ1) is 15.8. The summed E-state index contributed by atoms with van der Waals surface area (Å²) in [5.74, 6) is -0.166. The lowest BCUT2D eigenvalue weighted by molar-refractivity contribution is -0.991. The third-order valence-corrected chi connectivity index (χ3v) is 6.32. The number of hydrogen-bond acceptors (Lipinski definition) is 5. The van der Waals surface area contributed by atoms with E-state index in [9.17, 15) is 15.2 Å². The number of quaternary nitrogens is 1. The number of anilines is 2. The van der Waals surface area contributed by atoms with Gasteiger partial charge in [-0.05, 0) is 87.1 Å². The molecule has 3 aromatic carbocycles. The molecular weight excluding hydrogens is 416 g/mol. The first-order valence-electron chi connectivity index (χ1n) is 11.1. The van der Waals surface area contributed by atoms with E-state index < -0.39 is 5.23 Å². The highest BCUT2D eigenvalue weighted by Gasteiger charge is 2.24. The lowest BCUT2D eigenvalue weighted by atomic mass is 10.0. The molecule has 0 bridgehead atoms. The molecule has 0 aliphatic carbocycles. The topological polar surface area (TPSA) is 83.3 Å². The van der Waals surface area contributed by atoms with Crippen molar-refractivity contribution in [3.63, 3.8) is 0 Å². The second-order valence-corrected chi connectivity index (χ2v) is 8.77. The highest BCUT2D eigenvalue weighted by molar-refractivity contribution is 6.04. The van der Waals surface area contributed by atoms with E-state index in [1.54, 1.807) is 31.2 Å². The molecule has 1 heterocycles. The highest BCUT2D eigenvalue weighted by Crippen LogP contribution is 2.25. The molecule has 0 saturated carbocycles. The van der Waals surface area contributed by atoms with Crippen LogP contribution in [-0.4, -0.2) is 49.2 Å². The van der Waals surface area contributed by atoms with E-state index in [0.717, 1.165) is 36.3 Å². The molecule has 7 nitrogen and oxygen atoms in total. The van der Waals surface area contributed by atoms with Gasteiger partial charge in [-0.3, -0.25) is 4.79 Å². The van der Waals surface area contributed by atoms with Gasteiger partial charge in [-0.15, -0.1) is 0 Å². The summed E-state index contributed by atoms with van der Waals surface area (Å²) >= 11 is 0. The smallest absolute Gasteiger partial charge is 0.255 e. The van der Waals surface area contributed by atoms with Gasteiger partial charge in [0.25, 0.3) is 5.91 Å². The van der Waals surface area contributed by atoms with Crippen molar-refractivity contribution in [2.75, 3.05) is 37.4 Å². The summed E-state index contributed by atoms with van der Waals surface area (Å²) in [6, 6.07) is 21.1. The van der Waals surface area contributed by atoms with Crippen LogP contribution in [0.4, 0.5) is 17.1 Å². The Bertz CT molecular complexity index is 1110. The van der Waals surface area contributed by atoms with Gasteiger partial charge in [0.15, 0.2) is 5.69 Å². The highest BCUT2D eigenvalue weighted by atomic mass is 16.8. The van der Waals surface area contributed by atoms with Crippen LogP contribution in [0.3, 0.4) is 0 Å². The van der Waals surface area contributed by atoms with Crippen LogP contribution in [0.2, 0.25) is 0 Å². The van der Waals surface area contributed by atoms with Crippen molar-refractivity contribution in [1.82, 2.24) is 4.90 Å². The van der Waals surface area contributed by atoms with Gasteiger partial charge in [0, 0.05) is 47.7 Å². The van der Waals surface area contributed by atoms with Crippen LogP contribution in [0.15, 0.2) is 66.7 Å². The molecule has 1 fully saturated rings. The van der Waals surface area contributed by atoms with Gasteiger partial charge in [0.05, 0.1) is 0 Å². The minimum Gasteiger partial charge on any atom is -0.595 e. The summed E-state index contributed by atoms with van der Waals surface area (Å²) in [5.41, 5.74) is 5.34. The number of amides is 1. The molecule has 3 N–H and O–H groups in total. The van der Waals surface area contributed by atoms with E-state index in [0.29, 0.717) is 22.9 Å². The van der Waals surface area contributed by atoms with Gasteiger partial charge in [-0.2, -0.15) is 5.23 Å². The van der Waals surface area contributed by atoms with Crippen LogP contribution in [0.5, 0.6) is 0 Å². The summed E-state index contributed by atoms with van der Waals surface area (Å²) in [5, 5.41) is 22.4. The number of carbonyl (C=O) groups is 1. The second kappa shape index (κ2) is 9.72. The first-order valence-corrected chi connectivity index (χ1v) is 11.1. The Hall–Kier alpha value is -3.23. The Morgan fingerprint density at radius 1 is 1.06 bits per heavy atom. The van der Waals surface area contributed by atoms with E-state index in [1.807, 2.05) is 30.3 Å². The fraction of sp³-hybridized carbons (Fsp3) is 0.269. The SMILES string of the molecule is Cc1cc(-c2ccc(C(=O)Nc3ccc(N4CCC(N(C)C)C4)cc3)cc2)ccc1[NH+]([O-])O. The number of benzene rings is 3. The van der Waals surface area contributed by atoms with Gasteiger partial charge < -0.3 is 20.3 Å². The molecule has 0 radical (unpaired) electrons. The van der Waals surface area contributed by atoms with Crippen molar-refractivity contribution in [1.29, 1.82) is 0 Å². The summed E-state index contributed by atoms with van der Waals surface area (Å²) in [7, 11) is 4.24. The number of nitrogens with one attached hydrogen (secondary N) is 2. The Kier molecular flexibility index (Phi) is 6.76. The number of rotatable bonds is 6. The molecule has 172 valence electrons. The van der Waals surface area contributed by atoms with Gasteiger partial charge in [-0.1, -0.05) is 12.1 Å². The van der Waals surface area contributed by atoms with E-state index in [2.05, 4.69) is 41.3 Å². The molecule has 1 aliphatic rings. The van der Waals surface area contributed by atoms with Crippen molar-refractivity contribution in [2.45, 2.75) is 19.4 Å². The Morgan fingerprint density at radius 3 is 2.30 bits per heavy atom. The lowest BCUT2D eigenvalue weighted by Gasteiger charge is -2.22. The molecule has 1 aliphatic heterocycles. The average molecular weight is 447 g/mol. The molecule has 3 aromatic rings. The third kappa shape index (κ3) is 5.23. The maximum Gasteiger partial charge on any atom is 0.255 e. The summed E-state index contributed by atoms with van der Waals surface area (Å²) in [6.45, 7) is 3.84. The second-order valence-electron chi connectivity index (χ2n) is 8.77. The number of likely N-dealkylation sites (N-methyl/N-ethyl adjacent to an activating group) is 1. The number of hydrogen-bond donors (Lipinski definition) is 3. The number of aryl methyl sites for hydroxylation is 1. The van der Waals surface area contributed by atoms with E-state index >= 15 is 0 Å². The minimum atomic E-state index is -0.933. The zero-order valence-electron chi connectivity index (χ0n) is 19.2. The zero-order chi connectivity index (χ0) is 23.5. The maximum atomic E-state index is 12.7. The van der Waals surface area contributed by atoms with Crippen molar-refractivity contribution in [3.8, 4) is 11.1 Å². The quantitative estimate of drug-likeness (QED) is 0.505. The van der Waals surface area contributed by atoms with Crippen LogP contribution in [-0.2, 0) is 0 Å². The van der Waals surface area contributed by atoms with Gasteiger partial charge in [0.2, 0.25) is 0 Å². The Morgan fingerprint density at radius 2 is 1.73 bits per heavy atom. The molecular formula is C26H30N4O3. The fourth-order valence-electron chi connectivity index (χ4n) is 4.25. The van der Waals surface area contributed by atoms with Crippen molar-refractivity contribution in [2.24, 2.45) is 0 Å². The molecule has 2 atom stereocenters. The average Bonchev–Trinajstić information content (AvgIpc) is 3.30. The number of nitrogens with zero attached hydrogens (tertiary/aromatic N) is 2. The predicted octanol–water partition coefficient (Wildman–Crippen LogP) is 3.46. The van der Waals surface area contributed by atoms with Crippen molar-refractivity contribution < 1.29 is 15.2 Å². The summed E-state index contributed by atoms with van der Waals surface area (Å²) in [4.78, 5) is 17.3. The van der Waals surface area contributed by atoms with Crippen LogP contribution >= 0.6 is 0 Å². The Labute approximate surface area is 194 Å². The number of carbonyl (C=O) groups excluding carboxylic acids is 1. The summed E-state index contributed by atoms with van der Waals surface area (Å²) < 4.78 is 0. The van der Waals surface area contributed by atoms with Crippen LogP contribution in [0.25, 0.3) is 11.1 Å². The molecule has 0 aromatic heterocycles. The molecule has 7 heteroatoms. The largest absolute Gasteiger partial charge is 0.595 e. The van der Waals surface area contributed by atoms with Crippen LogP contribution in [0.1, 0.15) is 22.3 Å². The molecule has 33 heavy (non-hydrogen) atoms.